The van der Waals surface area contributed by atoms with Gasteiger partial charge in [0.05, 0.1) is 27.0 Å². The van der Waals surface area contributed by atoms with Crippen LogP contribution in [0.25, 0.3) is 0 Å². The maximum atomic E-state index is 14.5. The minimum Gasteiger partial charge on any atom is -0.493 e. The number of Topliss-reactive ketones (excluding diaryl/α,β-unsaturated/α-hetero) is 1. The molecule has 7 nitrogen and oxygen atoms in total. The number of hydrogen-bond donors (Lipinski definition) is 2. The molecule has 0 aromatic heterocycles. The molecule has 0 fully saturated rings. The van der Waals surface area contributed by atoms with Crippen molar-refractivity contribution in [2.45, 2.75) is 31.6 Å². The van der Waals surface area contributed by atoms with Gasteiger partial charge in [0.15, 0.2) is 17.3 Å². The lowest BCUT2D eigenvalue weighted by Crippen LogP contribution is -2.37. The molecule has 1 amide bonds. The van der Waals surface area contributed by atoms with Crippen LogP contribution in [-0.4, -0.2) is 33.0 Å². The minimum absolute atomic E-state index is 0.00197. The van der Waals surface area contributed by atoms with E-state index in [2.05, 4.69) is 10.6 Å². The lowest BCUT2D eigenvalue weighted by Gasteiger charge is -2.37. The molecule has 2 unspecified atom stereocenters. The number of methoxy groups -OCH3 is 3. The number of benzene rings is 3. The Labute approximate surface area is 232 Å². The van der Waals surface area contributed by atoms with Crippen molar-refractivity contribution >= 4 is 17.4 Å². The molecule has 206 valence electrons. The fraction of sp³-hybridized carbons (Fsp3) is 0.250. The van der Waals surface area contributed by atoms with Crippen molar-refractivity contribution in [3.8, 4) is 17.2 Å². The summed E-state index contributed by atoms with van der Waals surface area (Å²) in [5.41, 5.74) is 3.91. The van der Waals surface area contributed by atoms with E-state index in [1.807, 2.05) is 30.3 Å². The molecular weight excluding hydrogens is 511 g/mol. The van der Waals surface area contributed by atoms with E-state index in [1.54, 1.807) is 31.2 Å². The molecule has 1 aliphatic heterocycles. The number of hydrogen-bond acceptors (Lipinski definition) is 6. The van der Waals surface area contributed by atoms with Crippen LogP contribution in [0.4, 0.5) is 10.1 Å². The highest BCUT2D eigenvalue weighted by Crippen LogP contribution is 2.49. The summed E-state index contributed by atoms with van der Waals surface area (Å²) in [5, 5.41) is 6.06. The fourth-order valence-corrected chi connectivity index (χ4v) is 5.65. The molecular formula is C32H31FN2O5. The molecule has 1 heterocycles. The van der Waals surface area contributed by atoms with Crippen molar-refractivity contribution in [3.63, 3.8) is 0 Å². The number of halogens is 1. The van der Waals surface area contributed by atoms with Crippen LogP contribution in [0.2, 0.25) is 0 Å². The average Bonchev–Trinajstić information content (AvgIpc) is 2.97. The predicted molar refractivity (Wildman–Crippen MR) is 150 cm³/mol. The van der Waals surface area contributed by atoms with E-state index in [0.717, 1.165) is 11.3 Å². The number of para-hydroxylation sites is 1. The summed E-state index contributed by atoms with van der Waals surface area (Å²) in [7, 11) is 4.53. The van der Waals surface area contributed by atoms with Crippen LogP contribution in [0.1, 0.15) is 42.7 Å². The Morgan fingerprint density at radius 1 is 0.900 bits per heavy atom. The molecule has 2 aliphatic rings. The van der Waals surface area contributed by atoms with Crippen LogP contribution in [-0.2, 0) is 9.59 Å². The second kappa shape index (κ2) is 11.3. The molecule has 1 aliphatic carbocycles. The Morgan fingerprint density at radius 2 is 1.55 bits per heavy atom. The largest absolute Gasteiger partial charge is 0.493 e. The number of ketones is 1. The van der Waals surface area contributed by atoms with Crippen molar-refractivity contribution in [2.24, 2.45) is 0 Å². The van der Waals surface area contributed by atoms with E-state index in [1.165, 1.54) is 33.5 Å². The summed E-state index contributed by atoms with van der Waals surface area (Å²) in [6.45, 7) is 1.79. The second-order valence-corrected chi connectivity index (χ2v) is 9.82. The van der Waals surface area contributed by atoms with Crippen LogP contribution in [0.15, 0.2) is 89.3 Å². The van der Waals surface area contributed by atoms with Gasteiger partial charge < -0.3 is 24.8 Å². The second-order valence-electron chi connectivity index (χ2n) is 9.82. The number of amides is 1. The standard InChI is InChI=1S/C32H31FN2O5/c1-18-28(32(37)35-23-13-9-8-12-22(23)33)29(21-16-26(38-2)31(40-4)27(17-21)39-3)30-24(34-18)14-20(15-25(30)36)19-10-6-5-7-11-19/h5-13,16-17,20,29,34H,14-15H2,1-4H3,(H,35,37). The quantitative estimate of drug-likeness (QED) is 0.390. The minimum atomic E-state index is -0.749. The Balaban J connectivity index is 1.65. The van der Waals surface area contributed by atoms with Crippen LogP contribution in [0.3, 0.4) is 0 Å². The number of allylic oxidation sites excluding steroid dienone is 3. The van der Waals surface area contributed by atoms with E-state index in [-0.39, 0.29) is 17.4 Å². The third-order valence-corrected chi connectivity index (χ3v) is 7.49. The number of carbonyl (C=O) groups excluding carboxylic acids is 2. The van der Waals surface area contributed by atoms with Gasteiger partial charge in [0.2, 0.25) is 5.75 Å². The molecule has 3 aromatic rings. The zero-order valence-electron chi connectivity index (χ0n) is 22.8. The Kier molecular flexibility index (Phi) is 7.60. The molecule has 0 saturated carbocycles. The SMILES string of the molecule is COc1cc(C2C(C(=O)Nc3ccccc3F)=C(C)NC3=C2C(=O)CC(c2ccccc2)C3)cc(OC)c1OC. The van der Waals surface area contributed by atoms with Crippen molar-refractivity contribution < 1.29 is 28.2 Å². The highest BCUT2D eigenvalue weighted by Gasteiger charge is 2.41. The first kappa shape index (κ1) is 27.0. The van der Waals surface area contributed by atoms with Gasteiger partial charge in [0.1, 0.15) is 5.82 Å². The van der Waals surface area contributed by atoms with Gasteiger partial charge in [-0.1, -0.05) is 42.5 Å². The number of dihydropyridines is 1. The van der Waals surface area contributed by atoms with E-state index >= 15 is 0 Å². The van der Waals surface area contributed by atoms with E-state index in [0.29, 0.717) is 52.5 Å². The highest BCUT2D eigenvalue weighted by atomic mass is 19.1. The van der Waals surface area contributed by atoms with Gasteiger partial charge in [-0.25, -0.2) is 4.39 Å². The number of carbonyl (C=O) groups is 2. The van der Waals surface area contributed by atoms with E-state index in [4.69, 9.17) is 14.2 Å². The Morgan fingerprint density at radius 3 is 2.17 bits per heavy atom. The molecule has 5 rings (SSSR count). The molecule has 3 aromatic carbocycles. The first-order valence-electron chi connectivity index (χ1n) is 13.0. The molecule has 0 radical (unpaired) electrons. The van der Waals surface area contributed by atoms with Crippen molar-refractivity contribution in [1.29, 1.82) is 0 Å². The monoisotopic (exact) mass is 542 g/mol. The summed E-state index contributed by atoms with van der Waals surface area (Å²) in [5.74, 6) is -0.689. The van der Waals surface area contributed by atoms with Gasteiger partial charge in [0, 0.05) is 34.9 Å². The molecule has 8 heteroatoms. The lowest BCUT2D eigenvalue weighted by atomic mass is 9.71. The normalized spacial score (nSPS) is 18.6. The summed E-state index contributed by atoms with van der Waals surface area (Å²) in [6, 6.07) is 19.4. The number of rotatable bonds is 7. The van der Waals surface area contributed by atoms with E-state index < -0.39 is 17.6 Å². The molecule has 2 atom stereocenters. The molecule has 40 heavy (non-hydrogen) atoms. The summed E-state index contributed by atoms with van der Waals surface area (Å²) < 4.78 is 31.2. The van der Waals surface area contributed by atoms with Gasteiger partial charge in [-0.2, -0.15) is 0 Å². The zero-order chi connectivity index (χ0) is 28.4. The summed E-state index contributed by atoms with van der Waals surface area (Å²) >= 11 is 0. The Bertz CT molecular complexity index is 1500. The molecule has 2 N–H and O–H groups in total. The maximum Gasteiger partial charge on any atom is 0.254 e. The third-order valence-electron chi connectivity index (χ3n) is 7.49. The first-order valence-corrected chi connectivity index (χ1v) is 13.0. The summed E-state index contributed by atoms with van der Waals surface area (Å²) in [4.78, 5) is 27.7. The van der Waals surface area contributed by atoms with Gasteiger partial charge in [-0.3, -0.25) is 9.59 Å². The van der Waals surface area contributed by atoms with Gasteiger partial charge in [0.25, 0.3) is 5.91 Å². The smallest absolute Gasteiger partial charge is 0.254 e. The van der Waals surface area contributed by atoms with Crippen molar-refractivity contribution in [2.75, 3.05) is 26.6 Å². The van der Waals surface area contributed by atoms with Crippen LogP contribution in [0.5, 0.6) is 17.2 Å². The third kappa shape index (κ3) is 4.93. The zero-order valence-corrected chi connectivity index (χ0v) is 22.8. The maximum absolute atomic E-state index is 14.5. The fourth-order valence-electron chi connectivity index (χ4n) is 5.65. The van der Waals surface area contributed by atoms with Crippen LogP contribution >= 0.6 is 0 Å². The molecule has 0 bridgehead atoms. The number of nitrogens with one attached hydrogen (secondary N) is 2. The van der Waals surface area contributed by atoms with E-state index in [9.17, 15) is 14.0 Å². The number of ether oxygens (including phenoxy) is 3. The summed E-state index contributed by atoms with van der Waals surface area (Å²) in [6.07, 6.45) is 0.901. The average molecular weight is 543 g/mol. The topological polar surface area (TPSA) is 85.9 Å². The highest BCUT2D eigenvalue weighted by molar-refractivity contribution is 6.10. The first-order chi connectivity index (χ1) is 19.4. The predicted octanol–water partition coefficient (Wildman–Crippen LogP) is 5.85. The van der Waals surface area contributed by atoms with Crippen molar-refractivity contribution in [3.05, 3.63) is 106 Å². The van der Waals surface area contributed by atoms with Crippen LogP contribution in [0, 0.1) is 5.82 Å². The molecule has 0 spiro atoms. The molecule has 0 saturated heterocycles. The van der Waals surface area contributed by atoms with Gasteiger partial charge in [-0.05, 0) is 54.7 Å². The lowest BCUT2D eigenvalue weighted by molar-refractivity contribution is -0.116. The van der Waals surface area contributed by atoms with Gasteiger partial charge >= 0.3 is 0 Å². The Hall–Kier alpha value is -4.59. The van der Waals surface area contributed by atoms with Crippen molar-refractivity contribution in [1.82, 2.24) is 5.32 Å². The van der Waals surface area contributed by atoms with Gasteiger partial charge in [-0.15, -0.1) is 0 Å². The number of anilines is 1. The van der Waals surface area contributed by atoms with Crippen LogP contribution < -0.4 is 24.8 Å².